The van der Waals surface area contributed by atoms with Gasteiger partial charge >= 0.3 is 0 Å². The number of aromatic hydroxyl groups is 1. The van der Waals surface area contributed by atoms with Crippen LogP contribution in [0.15, 0.2) is 24.3 Å². The molecule has 84 valence electrons. The van der Waals surface area contributed by atoms with Crippen LogP contribution in [0.2, 0.25) is 0 Å². The number of rotatable bonds is 3. The Morgan fingerprint density at radius 2 is 1.93 bits per heavy atom. The summed E-state index contributed by atoms with van der Waals surface area (Å²) in [6.07, 6.45) is -0.0473. The highest BCUT2D eigenvalue weighted by atomic mass is 31.2. The van der Waals surface area contributed by atoms with Crippen LogP contribution in [-0.2, 0) is 9.91 Å². The monoisotopic (exact) mass is 230 g/mol. The maximum absolute atomic E-state index is 11.8. The Labute approximate surface area is 88.7 Å². The minimum atomic E-state index is -3.73. The Morgan fingerprint density at radius 3 is 2.40 bits per heavy atom. The molecule has 0 aliphatic rings. The zero-order valence-electron chi connectivity index (χ0n) is 8.71. The zero-order valence-corrected chi connectivity index (χ0v) is 9.61. The van der Waals surface area contributed by atoms with E-state index in [1.165, 1.54) is 26.0 Å². The molecular formula is C10H15O4P. The van der Waals surface area contributed by atoms with Crippen LogP contribution in [0.5, 0.6) is 5.75 Å². The molecule has 1 aromatic carbocycles. The minimum absolute atomic E-state index is 0.0473. The Bertz CT molecular complexity index is 400. The van der Waals surface area contributed by atoms with Crippen molar-refractivity contribution in [3.05, 3.63) is 29.8 Å². The number of phenolic OH excluding ortho intramolecular Hbond substituents is 1. The molecule has 3 N–H and O–H groups in total. The highest BCUT2D eigenvalue weighted by molar-refractivity contribution is 7.58. The molecule has 0 saturated heterocycles. The molecule has 0 aliphatic carbocycles. The highest BCUT2D eigenvalue weighted by Crippen LogP contribution is 2.59. The van der Waals surface area contributed by atoms with Crippen LogP contribution in [0.3, 0.4) is 0 Å². The van der Waals surface area contributed by atoms with Gasteiger partial charge < -0.3 is 15.1 Å². The van der Waals surface area contributed by atoms with E-state index in [4.69, 9.17) is 0 Å². The lowest BCUT2D eigenvalue weighted by Gasteiger charge is -2.29. The van der Waals surface area contributed by atoms with Gasteiger partial charge in [0.15, 0.2) is 5.34 Å². The zero-order chi connectivity index (χ0) is 11.7. The maximum atomic E-state index is 11.8. The molecule has 0 heterocycles. The molecular weight excluding hydrogens is 215 g/mol. The smallest absolute Gasteiger partial charge is 0.235 e. The molecule has 0 saturated carbocycles. The number of aliphatic hydroxyl groups is 1. The molecule has 15 heavy (non-hydrogen) atoms. The number of para-hydroxylation sites is 1. The van der Waals surface area contributed by atoms with Gasteiger partial charge in [-0.15, -0.1) is 0 Å². The molecule has 0 aliphatic heterocycles. The number of hydrogen-bond donors (Lipinski definition) is 3. The predicted octanol–water partition coefficient (Wildman–Crippen LogP) is 1.85. The summed E-state index contributed by atoms with van der Waals surface area (Å²) >= 11 is 0. The molecule has 5 heteroatoms. The highest BCUT2D eigenvalue weighted by Gasteiger charge is 2.42. The average molecular weight is 230 g/mol. The first-order valence-electron chi connectivity index (χ1n) is 4.65. The van der Waals surface area contributed by atoms with Crippen molar-refractivity contribution >= 4 is 7.37 Å². The molecule has 2 atom stereocenters. The first-order chi connectivity index (χ1) is 6.83. The van der Waals surface area contributed by atoms with Gasteiger partial charge in [-0.3, -0.25) is 4.57 Å². The van der Waals surface area contributed by atoms with Gasteiger partial charge in [0, 0.05) is 11.7 Å². The molecule has 0 radical (unpaired) electrons. The summed E-state index contributed by atoms with van der Waals surface area (Å²) in [5, 5.41) is 17.6. The van der Waals surface area contributed by atoms with Crippen molar-refractivity contribution in [2.75, 3.05) is 6.16 Å². The van der Waals surface area contributed by atoms with Crippen LogP contribution in [0, 0.1) is 0 Å². The molecule has 2 unspecified atom stereocenters. The second-order valence-electron chi connectivity index (χ2n) is 3.56. The molecule has 0 spiro atoms. The minimum Gasteiger partial charge on any atom is -0.508 e. The van der Waals surface area contributed by atoms with Crippen molar-refractivity contribution in [3.8, 4) is 5.75 Å². The molecule has 0 fully saturated rings. The molecule has 1 rings (SSSR count). The summed E-state index contributed by atoms with van der Waals surface area (Å²) in [5.41, 5.74) is 0.0812. The third-order valence-electron chi connectivity index (χ3n) is 2.52. The predicted molar refractivity (Wildman–Crippen MR) is 58.0 cm³/mol. The molecule has 0 aromatic heterocycles. The van der Waals surface area contributed by atoms with Crippen molar-refractivity contribution in [3.63, 3.8) is 0 Å². The molecule has 0 bridgehead atoms. The summed E-state index contributed by atoms with van der Waals surface area (Å²) in [6.45, 7) is 2.77. The van der Waals surface area contributed by atoms with Gasteiger partial charge in [0.2, 0.25) is 7.37 Å². The second kappa shape index (κ2) is 3.97. The van der Waals surface area contributed by atoms with Gasteiger partial charge in [-0.1, -0.05) is 25.1 Å². The third kappa shape index (κ3) is 2.07. The lowest BCUT2D eigenvalue weighted by molar-refractivity contribution is 0.125. The van der Waals surface area contributed by atoms with Crippen LogP contribution >= 0.6 is 7.37 Å². The number of phenols is 1. The first-order valence-corrected chi connectivity index (χ1v) is 6.50. The van der Waals surface area contributed by atoms with Gasteiger partial charge in [0.05, 0.1) is 0 Å². The normalized spacial score (nSPS) is 19.2. The van der Waals surface area contributed by atoms with Crippen molar-refractivity contribution in [1.29, 1.82) is 0 Å². The first kappa shape index (κ1) is 12.2. The van der Waals surface area contributed by atoms with Crippen LogP contribution in [0.25, 0.3) is 0 Å². The summed E-state index contributed by atoms with van der Waals surface area (Å²) in [6, 6.07) is 6.00. The molecule has 1 aromatic rings. The Balaban J connectivity index is 3.29. The number of hydrogen-bond acceptors (Lipinski definition) is 3. The van der Waals surface area contributed by atoms with Crippen molar-refractivity contribution in [2.24, 2.45) is 0 Å². The second-order valence-corrected chi connectivity index (χ2v) is 6.46. The summed E-state index contributed by atoms with van der Waals surface area (Å²) in [5.74, 6) is -0.176. The van der Waals surface area contributed by atoms with E-state index in [-0.39, 0.29) is 17.5 Å². The largest absolute Gasteiger partial charge is 0.508 e. The quantitative estimate of drug-likeness (QED) is 0.692. The summed E-state index contributed by atoms with van der Waals surface area (Å²) in [4.78, 5) is 9.62. The van der Waals surface area contributed by atoms with Crippen molar-refractivity contribution < 1.29 is 19.7 Å². The summed E-state index contributed by atoms with van der Waals surface area (Å²) < 4.78 is 11.8. The topological polar surface area (TPSA) is 77.8 Å². The summed E-state index contributed by atoms with van der Waals surface area (Å²) in [7, 11) is -3.73. The van der Waals surface area contributed by atoms with E-state index in [9.17, 15) is 19.7 Å². The maximum Gasteiger partial charge on any atom is 0.235 e. The lowest BCUT2D eigenvalue weighted by Crippen LogP contribution is -2.22. The Kier molecular flexibility index (Phi) is 3.24. The van der Waals surface area contributed by atoms with E-state index < -0.39 is 12.7 Å². The average Bonchev–Trinajstić information content (AvgIpc) is 2.18. The molecule has 0 amide bonds. The van der Waals surface area contributed by atoms with E-state index in [0.29, 0.717) is 0 Å². The van der Waals surface area contributed by atoms with E-state index in [2.05, 4.69) is 0 Å². The van der Waals surface area contributed by atoms with Crippen molar-refractivity contribution in [1.82, 2.24) is 0 Å². The van der Waals surface area contributed by atoms with Gasteiger partial charge in [0.1, 0.15) is 5.75 Å². The van der Waals surface area contributed by atoms with Crippen molar-refractivity contribution in [2.45, 2.75) is 19.2 Å². The fourth-order valence-electron chi connectivity index (χ4n) is 1.37. The number of benzene rings is 1. The SMILES string of the molecule is CCP(=O)(O)C(C)(O)c1ccccc1O. The van der Waals surface area contributed by atoms with Crippen LogP contribution in [0.1, 0.15) is 19.4 Å². The van der Waals surface area contributed by atoms with Gasteiger partial charge in [-0.05, 0) is 13.0 Å². The Morgan fingerprint density at radius 1 is 1.40 bits per heavy atom. The lowest BCUT2D eigenvalue weighted by atomic mass is 10.1. The van der Waals surface area contributed by atoms with Crippen LogP contribution in [-0.4, -0.2) is 21.3 Å². The third-order valence-corrected chi connectivity index (χ3v) is 4.98. The van der Waals surface area contributed by atoms with Gasteiger partial charge in [-0.2, -0.15) is 0 Å². The van der Waals surface area contributed by atoms with Crippen LogP contribution < -0.4 is 0 Å². The van der Waals surface area contributed by atoms with E-state index in [1.807, 2.05) is 0 Å². The van der Waals surface area contributed by atoms with E-state index >= 15 is 0 Å². The Hall–Kier alpha value is -0.830. The van der Waals surface area contributed by atoms with Gasteiger partial charge in [0.25, 0.3) is 0 Å². The van der Waals surface area contributed by atoms with Gasteiger partial charge in [-0.25, -0.2) is 0 Å². The standard InChI is InChI=1S/C10H15O4P/c1-3-15(13,14)10(2,12)8-6-4-5-7-9(8)11/h4-7,11-12H,3H2,1-2H3,(H,13,14). The van der Waals surface area contributed by atoms with E-state index in [0.717, 1.165) is 0 Å². The van der Waals surface area contributed by atoms with Crippen LogP contribution in [0.4, 0.5) is 0 Å². The van der Waals surface area contributed by atoms with E-state index in [1.54, 1.807) is 12.1 Å². The molecule has 4 nitrogen and oxygen atoms in total. The fraction of sp³-hybridized carbons (Fsp3) is 0.400. The fourth-order valence-corrected chi connectivity index (χ4v) is 2.55.